The van der Waals surface area contributed by atoms with E-state index in [1.165, 1.54) is 44.2 Å². The zero-order valence-corrected chi connectivity index (χ0v) is 10.8. The molecule has 1 aromatic heterocycles. The summed E-state index contributed by atoms with van der Waals surface area (Å²) in [5.74, 6) is 7.28. The van der Waals surface area contributed by atoms with Gasteiger partial charge in [-0.2, -0.15) is 0 Å². The van der Waals surface area contributed by atoms with Gasteiger partial charge in [-0.25, -0.2) is 10.8 Å². The Morgan fingerprint density at radius 1 is 1.33 bits per heavy atom. The summed E-state index contributed by atoms with van der Waals surface area (Å²) >= 11 is 0. The van der Waals surface area contributed by atoms with Crippen LogP contribution in [-0.4, -0.2) is 22.5 Å². The van der Waals surface area contributed by atoms with Gasteiger partial charge in [-0.15, -0.1) is 0 Å². The molecule has 1 saturated heterocycles. The minimum absolute atomic E-state index is 0.796. The van der Waals surface area contributed by atoms with Gasteiger partial charge in [0, 0.05) is 24.3 Å². The van der Waals surface area contributed by atoms with Gasteiger partial charge in [0.2, 0.25) is 0 Å². The minimum atomic E-state index is 0.796. The molecule has 3 rings (SSSR count). The van der Waals surface area contributed by atoms with Crippen molar-refractivity contribution in [1.29, 1.82) is 0 Å². The molecule has 0 spiro atoms. The van der Waals surface area contributed by atoms with Crippen molar-refractivity contribution < 1.29 is 0 Å². The monoisotopic (exact) mass is 246 g/mol. The van der Waals surface area contributed by atoms with Crippen molar-refractivity contribution in [3.8, 4) is 0 Å². The zero-order chi connectivity index (χ0) is 12.4. The molecule has 98 valence electrons. The van der Waals surface area contributed by atoms with Crippen LogP contribution in [0.2, 0.25) is 0 Å². The number of fused-ring (bicyclic) bond motifs is 1. The zero-order valence-electron chi connectivity index (χ0n) is 10.8. The lowest BCUT2D eigenvalue weighted by atomic mass is 9.91. The number of pyridine rings is 1. The molecule has 3 N–H and O–H groups in total. The number of aromatic nitrogens is 1. The van der Waals surface area contributed by atoms with E-state index in [0.29, 0.717) is 0 Å². The summed E-state index contributed by atoms with van der Waals surface area (Å²) in [6, 6.07) is 4.91. The van der Waals surface area contributed by atoms with Gasteiger partial charge in [0.25, 0.3) is 0 Å². The second-order valence-electron chi connectivity index (χ2n) is 5.53. The first-order valence-corrected chi connectivity index (χ1v) is 7.03. The standard InChI is InChI=1S/C14H22N4/c15-17-14-12(5-2-8-16-14)10-18-9-3-6-11-4-1-7-13(11)18/h2,5,8,11,13H,1,3-4,6-7,9-10,15H2,(H,16,17). The Hall–Kier alpha value is -1.13. The van der Waals surface area contributed by atoms with Crippen LogP contribution in [0.3, 0.4) is 0 Å². The van der Waals surface area contributed by atoms with Gasteiger partial charge in [0.1, 0.15) is 5.82 Å². The van der Waals surface area contributed by atoms with E-state index in [-0.39, 0.29) is 0 Å². The first kappa shape index (κ1) is 11.9. The molecule has 0 radical (unpaired) electrons. The second kappa shape index (κ2) is 5.24. The van der Waals surface area contributed by atoms with Crippen LogP contribution >= 0.6 is 0 Å². The van der Waals surface area contributed by atoms with Crippen molar-refractivity contribution in [2.75, 3.05) is 12.0 Å². The summed E-state index contributed by atoms with van der Waals surface area (Å²) in [5.41, 5.74) is 3.92. The molecular weight excluding hydrogens is 224 g/mol. The fourth-order valence-corrected chi connectivity index (χ4v) is 3.67. The number of piperidine rings is 1. The topological polar surface area (TPSA) is 54.2 Å². The molecule has 2 fully saturated rings. The smallest absolute Gasteiger partial charge is 0.144 e. The van der Waals surface area contributed by atoms with Gasteiger partial charge < -0.3 is 5.43 Å². The van der Waals surface area contributed by atoms with Crippen molar-refractivity contribution in [1.82, 2.24) is 9.88 Å². The van der Waals surface area contributed by atoms with Crippen LogP contribution in [0, 0.1) is 5.92 Å². The molecular formula is C14H22N4. The summed E-state index contributed by atoms with van der Waals surface area (Å²) in [6.45, 7) is 2.20. The van der Waals surface area contributed by atoms with E-state index in [2.05, 4.69) is 21.4 Å². The molecule has 1 aliphatic heterocycles. The number of hydrogen-bond donors (Lipinski definition) is 2. The molecule has 4 nitrogen and oxygen atoms in total. The Kier molecular flexibility index (Phi) is 3.48. The number of nitrogens with one attached hydrogen (secondary N) is 1. The molecule has 2 heterocycles. The van der Waals surface area contributed by atoms with Crippen LogP contribution in [0.25, 0.3) is 0 Å². The van der Waals surface area contributed by atoms with Gasteiger partial charge in [0.05, 0.1) is 0 Å². The molecule has 1 saturated carbocycles. The Balaban J connectivity index is 1.75. The lowest BCUT2D eigenvalue weighted by molar-refractivity contribution is 0.106. The number of hydrazine groups is 1. The van der Waals surface area contributed by atoms with Crippen LogP contribution < -0.4 is 11.3 Å². The second-order valence-corrected chi connectivity index (χ2v) is 5.53. The van der Waals surface area contributed by atoms with E-state index < -0.39 is 0 Å². The number of rotatable bonds is 3. The highest BCUT2D eigenvalue weighted by Gasteiger charge is 2.34. The van der Waals surface area contributed by atoms with Crippen LogP contribution in [0.15, 0.2) is 18.3 Å². The molecule has 0 bridgehead atoms. The Bertz CT molecular complexity index is 407. The highest BCUT2D eigenvalue weighted by Crippen LogP contribution is 2.37. The largest absolute Gasteiger partial charge is 0.308 e. The number of nitrogen functional groups attached to an aromatic ring is 1. The predicted octanol–water partition coefficient (Wildman–Crippen LogP) is 2.13. The maximum Gasteiger partial charge on any atom is 0.144 e. The summed E-state index contributed by atoms with van der Waals surface area (Å²) < 4.78 is 0. The lowest BCUT2D eigenvalue weighted by Crippen LogP contribution is -2.42. The first-order chi connectivity index (χ1) is 8.88. The van der Waals surface area contributed by atoms with E-state index in [4.69, 9.17) is 5.84 Å². The normalized spacial score (nSPS) is 28.1. The number of likely N-dealkylation sites (tertiary alicyclic amines) is 1. The lowest BCUT2D eigenvalue weighted by Gasteiger charge is -2.38. The Morgan fingerprint density at radius 2 is 2.22 bits per heavy atom. The third kappa shape index (κ3) is 2.22. The predicted molar refractivity (Wildman–Crippen MR) is 72.8 cm³/mol. The molecule has 2 atom stereocenters. The molecule has 1 aromatic rings. The van der Waals surface area contributed by atoms with Gasteiger partial charge in [-0.05, 0) is 44.2 Å². The highest BCUT2D eigenvalue weighted by atomic mass is 15.3. The van der Waals surface area contributed by atoms with Crippen LogP contribution in [0.5, 0.6) is 0 Å². The van der Waals surface area contributed by atoms with Crippen LogP contribution in [-0.2, 0) is 6.54 Å². The third-order valence-electron chi connectivity index (χ3n) is 4.51. The van der Waals surface area contributed by atoms with Crippen molar-refractivity contribution in [2.24, 2.45) is 11.8 Å². The Morgan fingerprint density at radius 3 is 3.11 bits per heavy atom. The number of anilines is 1. The average Bonchev–Trinajstić information content (AvgIpc) is 2.89. The van der Waals surface area contributed by atoms with Crippen LogP contribution in [0.1, 0.15) is 37.7 Å². The molecule has 0 amide bonds. The Labute approximate surface area is 109 Å². The SMILES string of the molecule is NNc1ncccc1CN1CCCC2CCCC21. The summed E-state index contributed by atoms with van der Waals surface area (Å²) in [4.78, 5) is 6.92. The highest BCUT2D eigenvalue weighted by molar-refractivity contribution is 5.42. The molecule has 2 unspecified atom stereocenters. The molecule has 4 heteroatoms. The fraction of sp³-hybridized carbons (Fsp3) is 0.643. The molecule has 18 heavy (non-hydrogen) atoms. The maximum atomic E-state index is 5.53. The van der Waals surface area contributed by atoms with Gasteiger partial charge in [-0.3, -0.25) is 4.90 Å². The summed E-state index contributed by atoms with van der Waals surface area (Å²) in [7, 11) is 0. The number of hydrogen-bond acceptors (Lipinski definition) is 4. The van der Waals surface area contributed by atoms with Crippen molar-refractivity contribution in [3.63, 3.8) is 0 Å². The first-order valence-electron chi connectivity index (χ1n) is 7.03. The van der Waals surface area contributed by atoms with E-state index >= 15 is 0 Å². The summed E-state index contributed by atoms with van der Waals surface area (Å²) in [6.07, 6.45) is 8.75. The molecule has 1 aliphatic carbocycles. The maximum absolute atomic E-state index is 5.53. The van der Waals surface area contributed by atoms with Gasteiger partial charge >= 0.3 is 0 Å². The van der Waals surface area contributed by atoms with E-state index in [0.717, 1.165) is 24.3 Å². The van der Waals surface area contributed by atoms with E-state index in [9.17, 15) is 0 Å². The molecule has 0 aromatic carbocycles. The van der Waals surface area contributed by atoms with E-state index in [1.807, 2.05) is 6.07 Å². The van der Waals surface area contributed by atoms with Crippen molar-refractivity contribution in [3.05, 3.63) is 23.9 Å². The van der Waals surface area contributed by atoms with Crippen molar-refractivity contribution >= 4 is 5.82 Å². The van der Waals surface area contributed by atoms with Gasteiger partial charge in [-0.1, -0.05) is 12.5 Å². The summed E-state index contributed by atoms with van der Waals surface area (Å²) in [5, 5.41) is 0. The van der Waals surface area contributed by atoms with Crippen molar-refractivity contribution in [2.45, 2.75) is 44.7 Å². The average molecular weight is 246 g/mol. The number of nitrogens with zero attached hydrogens (tertiary/aromatic N) is 2. The minimum Gasteiger partial charge on any atom is -0.308 e. The fourth-order valence-electron chi connectivity index (χ4n) is 3.67. The number of nitrogens with two attached hydrogens (primary N) is 1. The third-order valence-corrected chi connectivity index (χ3v) is 4.51. The molecule has 2 aliphatic rings. The van der Waals surface area contributed by atoms with Crippen LogP contribution in [0.4, 0.5) is 5.82 Å². The van der Waals surface area contributed by atoms with Gasteiger partial charge in [0.15, 0.2) is 0 Å². The quantitative estimate of drug-likeness (QED) is 0.633. The van der Waals surface area contributed by atoms with E-state index in [1.54, 1.807) is 6.20 Å².